The predicted molar refractivity (Wildman–Crippen MR) is 113 cm³/mol. The van der Waals surface area contributed by atoms with Crippen molar-refractivity contribution >= 4 is 17.6 Å². The number of carboxylic acid groups (broad SMARTS) is 1. The van der Waals surface area contributed by atoms with Crippen LogP contribution < -0.4 is 11.5 Å². The first-order valence-corrected chi connectivity index (χ1v) is 9.53. The summed E-state index contributed by atoms with van der Waals surface area (Å²) >= 11 is 0. The minimum Gasteiger partial charge on any atom is -0.475 e. The van der Waals surface area contributed by atoms with E-state index >= 15 is 0 Å². The Morgan fingerprint density at radius 1 is 1.12 bits per heavy atom. The standard InChI is InChI=1S/C18H18N6O3.C2HF3O2/c19-6-2-8-23-17(18(20)25)11-16(22-23)13-5-7-21-15(10-13)12-3-1-4-14(9-12)24(26)27;3-2(4,5)1(6)7/h1,3-5,7,9-11H,2,6,8,19H2,(H2,20,25);(H,6,7). The minimum atomic E-state index is -5.08. The number of primary amides is 1. The number of halogens is 3. The number of carbonyl (C=O) groups excluding carboxylic acids is 1. The van der Waals surface area contributed by atoms with Crippen molar-refractivity contribution in [2.24, 2.45) is 11.5 Å². The molecule has 0 atom stereocenters. The highest BCUT2D eigenvalue weighted by molar-refractivity contribution is 5.92. The molecule has 1 aromatic carbocycles. The average molecular weight is 480 g/mol. The van der Waals surface area contributed by atoms with Gasteiger partial charge in [-0.1, -0.05) is 12.1 Å². The molecule has 2 heterocycles. The molecule has 0 aliphatic heterocycles. The first-order chi connectivity index (χ1) is 15.9. The second kappa shape index (κ2) is 11.0. The molecule has 3 aromatic rings. The molecule has 0 spiro atoms. The summed E-state index contributed by atoms with van der Waals surface area (Å²) in [7, 11) is 0. The number of nitrogens with two attached hydrogens (primary N) is 2. The Balaban J connectivity index is 0.000000509. The van der Waals surface area contributed by atoms with E-state index in [-0.39, 0.29) is 5.69 Å². The maximum absolute atomic E-state index is 11.7. The van der Waals surface area contributed by atoms with Crippen molar-refractivity contribution in [2.75, 3.05) is 6.54 Å². The summed E-state index contributed by atoms with van der Waals surface area (Å²) < 4.78 is 33.3. The number of nitrogens with zero attached hydrogens (tertiary/aromatic N) is 4. The van der Waals surface area contributed by atoms with Gasteiger partial charge in [0.1, 0.15) is 5.69 Å². The van der Waals surface area contributed by atoms with Crippen LogP contribution in [0.2, 0.25) is 0 Å². The van der Waals surface area contributed by atoms with Gasteiger partial charge in [-0.15, -0.1) is 0 Å². The van der Waals surface area contributed by atoms with Gasteiger partial charge in [0.15, 0.2) is 0 Å². The summed E-state index contributed by atoms with van der Waals surface area (Å²) in [6.07, 6.45) is -2.83. The largest absolute Gasteiger partial charge is 0.490 e. The van der Waals surface area contributed by atoms with Gasteiger partial charge in [0, 0.05) is 36.0 Å². The highest BCUT2D eigenvalue weighted by Gasteiger charge is 2.38. The lowest BCUT2D eigenvalue weighted by Gasteiger charge is -2.04. The molecule has 34 heavy (non-hydrogen) atoms. The molecule has 180 valence electrons. The third kappa shape index (κ3) is 6.83. The molecule has 3 rings (SSSR count). The highest BCUT2D eigenvalue weighted by Crippen LogP contribution is 2.26. The van der Waals surface area contributed by atoms with Crippen LogP contribution in [0.4, 0.5) is 18.9 Å². The molecule has 5 N–H and O–H groups in total. The van der Waals surface area contributed by atoms with Gasteiger partial charge in [0.2, 0.25) is 0 Å². The predicted octanol–water partition coefficient (Wildman–Crippen LogP) is 2.60. The maximum Gasteiger partial charge on any atom is 0.490 e. The zero-order chi connectivity index (χ0) is 25.5. The zero-order valence-corrected chi connectivity index (χ0v) is 17.4. The Bertz CT molecular complexity index is 1200. The second-order valence-corrected chi connectivity index (χ2v) is 6.68. The average Bonchev–Trinajstić information content (AvgIpc) is 3.22. The van der Waals surface area contributed by atoms with E-state index in [2.05, 4.69) is 10.1 Å². The summed E-state index contributed by atoms with van der Waals surface area (Å²) in [5.41, 5.74) is 13.7. The van der Waals surface area contributed by atoms with Crippen molar-refractivity contribution in [1.82, 2.24) is 14.8 Å². The van der Waals surface area contributed by atoms with Crippen LogP contribution in [0.5, 0.6) is 0 Å². The third-order valence-electron chi connectivity index (χ3n) is 4.26. The van der Waals surface area contributed by atoms with E-state index in [4.69, 9.17) is 21.4 Å². The van der Waals surface area contributed by atoms with Gasteiger partial charge in [0.25, 0.3) is 11.6 Å². The number of hydrogen-bond acceptors (Lipinski definition) is 7. The first kappa shape index (κ1) is 25.9. The molecular weight excluding hydrogens is 461 g/mol. The Labute approximate surface area is 190 Å². The minimum absolute atomic E-state index is 0.0122. The number of non-ortho nitro benzene ring substituents is 1. The number of nitro benzene ring substituents is 1. The van der Waals surface area contributed by atoms with Crippen molar-refractivity contribution in [3.8, 4) is 22.5 Å². The Kier molecular flexibility index (Phi) is 8.39. The lowest BCUT2D eigenvalue weighted by atomic mass is 10.1. The van der Waals surface area contributed by atoms with Gasteiger partial charge in [-0.3, -0.25) is 24.6 Å². The van der Waals surface area contributed by atoms with E-state index in [9.17, 15) is 28.1 Å². The van der Waals surface area contributed by atoms with E-state index in [0.717, 1.165) is 5.56 Å². The maximum atomic E-state index is 11.7. The van der Waals surface area contributed by atoms with Gasteiger partial charge in [-0.25, -0.2) is 4.79 Å². The third-order valence-corrected chi connectivity index (χ3v) is 4.26. The fraction of sp³-hybridized carbons (Fsp3) is 0.200. The van der Waals surface area contributed by atoms with Crippen molar-refractivity contribution < 1.29 is 32.8 Å². The SMILES string of the molecule is NCCCn1nc(-c2ccnc(-c3cccc([N+](=O)[O-])c3)c2)cc1C(N)=O.O=C(O)C(F)(F)F. The van der Waals surface area contributed by atoms with E-state index in [0.29, 0.717) is 42.2 Å². The Morgan fingerprint density at radius 2 is 1.76 bits per heavy atom. The van der Waals surface area contributed by atoms with Crippen LogP contribution in [0.3, 0.4) is 0 Å². The number of nitro groups is 1. The van der Waals surface area contributed by atoms with Gasteiger partial charge >= 0.3 is 12.1 Å². The summed E-state index contributed by atoms with van der Waals surface area (Å²) in [5, 5.41) is 22.6. The topological polar surface area (TPSA) is 180 Å². The lowest BCUT2D eigenvalue weighted by molar-refractivity contribution is -0.384. The molecule has 0 fully saturated rings. The van der Waals surface area contributed by atoms with E-state index in [1.807, 2.05) is 0 Å². The number of carbonyl (C=O) groups is 2. The van der Waals surface area contributed by atoms with Crippen molar-refractivity contribution in [2.45, 2.75) is 19.1 Å². The number of alkyl halides is 3. The van der Waals surface area contributed by atoms with Crippen LogP contribution in [0.25, 0.3) is 22.5 Å². The summed E-state index contributed by atoms with van der Waals surface area (Å²) in [6, 6.07) is 11.4. The normalized spacial score (nSPS) is 10.8. The number of carboxylic acids is 1. The quantitative estimate of drug-likeness (QED) is 0.341. The number of aromatic nitrogens is 3. The summed E-state index contributed by atoms with van der Waals surface area (Å²) in [5.74, 6) is -3.33. The van der Waals surface area contributed by atoms with Crippen LogP contribution in [0, 0.1) is 10.1 Å². The van der Waals surface area contributed by atoms with E-state index in [1.165, 1.54) is 16.8 Å². The molecule has 0 bridgehead atoms. The first-order valence-electron chi connectivity index (χ1n) is 9.53. The molecule has 0 aliphatic rings. The van der Waals surface area contributed by atoms with Crippen LogP contribution in [-0.2, 0) is 11.3 Å². The van der Waals surface area contributed by atoms with Crippen LogP contribution >= 0.6 is 0 Å². The molecule has 2 aromatic heterocycles. The Morgan fingerprint density at radius 3 is 2.32 bits per heavy atom. The highest BCUT2D eigenvalue weighted by atomic mass is 19.4. The molecule has 0 radical (unpaired) electrons. The number of benzene rings is 1. The van der Waals surface area contributed by atoms with Gasteiger partial charge in [0.05, 0.1) is 16.3 Å². The van der Waals surface area contributed by atoms with Crippen LogP contribution in [0.1, 0.15) is 16.9 Å². The number of amides is 1. The molecule has 0 saturated heterocycles. The fourth-order valence-corrected chi connectivity index (χ4v) is 2.69. The van der Waals surface area contributed by atoms with Crippen molar-refractivity contribution in [1.29, 1.82) is 0 Å². The number of pyridine rings is 1. The zero-order valence-electron chi connectivity index (χ0n) is 17.4. The molecule has 11 nitrogen and oxygen atoms in total. The number of hydrogen-bond donors (Lipinski definition) is 3. The van der Waals surface area contributed by atoms with E-state index < -0.39 is 23.0 Å². The number of rotatable bonds is 7. The van der Waals surface area contributed by atoms with Gasteiger partial charge < -0.3 is 16.6 Å². The lowest BCUT2D eigenvalue weighted by Crippen LogP contribution is -2.21. The van der Waals surface area contributed by atoms with E-state index in [1.54, 1.807) is 36.5 Å². The molecule has 14 heteroatoms. The molecule has 1 amide bonds. The molecule has 0 saturated carbocycles. The fourth-order valence-electron chi connectivity index (χ4n) is 2.69. The van der Waals surface area contributed by atoms with Crippen molar-refractivity contribution in [3.63, 3.8) is 0 Å². The van der Waals surface area contributed by atoms with Crippen LogP contribution in [0.15, 0.2) is 48.7 Å². The molecule has 0 aliphatic carbocycles. The second-order valence-electron chi connectivity index (χ2n) is 6.68. The van der Waals surface area contributed by atoms with Crippen LogP contribution in [-0.4, -0.2) is 49.4 Å². The number of aryl methyl sites for hydroxylation is 1. The Hall–Kier alpha value is -4.33. The smallest absolute Gasteiger partial charge is 0.475 e. The van der Waals surface area contributed by atoms with Crippen molar-refractivity contribution in [3.05, 3.63) is 64.5 Å². The monoisotopic (exact) mass is 480 g/mol. The molecular formula is C20H19F3N6O5. The van der Waals surface area contributed by atoms with Gasteiger partial charge in [-0.05, 0) is 31.2 Å². The summed E-state index contributed by atoms with van der Waals surface area (Å²) in [6.45, 7) is 0.956. The molecule has 0 unspecified atom stereocenters. The summed E-state index contributed by atoms with van der Waals surface area (Å²) in [4.78, 5) is 35.4. The number of aliphatic carboxylic acids is 1. The van der Waals surface area contributed by atoms with Gasteiger partial charge in [-0.2, -0.15) is 18.3 Å².